The number of aliphatic imine (C=N–C) groups is 1. The van der Waals surface area contributed by atoms with Gasteiger partial charge >= 0.3 is 0 Å². The normalized spacial score (nSPS) is 13.1. The zero-order valence-corrected chi connectivity index (χ0v) is 17.9. The first-order chi connectivity index (χ1) is 10.9. The van der Waals surface area contributed by atoms with Crippen LogP contribution in [0.5, 0.6) is 0 Å². The van der Waals surface area contributed by atoms with Crippen LogP contribution in [0.4, 0.5) is 0 Å². The Labute approximate surface area is 163 Å². The molecular weight excluding hydrogens is 439 g/mol. The monoisotopic (exact) mass is 468 g/mol. The molecule has 1 aromatic carbocycles. The molecular formula is C16H29IN4O2S. The minimum absolute atomic E-state index is 0. The second kappa shape index (κ2) is 11.6. The molecule has 24 heavy (non-hydrogen) atoms. The Morgan fingerprint density at radius 1 is 1.25 bits per heavy atom. The molecule has 0 aliphatic rings. The van der Waals surface area contributed by atoms with Crippen molar-refractivity contribution in [2.75, 3.05) is 13.6 Å². The minimum atomic E-state index is -3.26. The van der Waals surface area contributed by atoms with Crippen molar-refractivity contribution in [3.8, 4) is 0 Å². The van der Waals surface area contributed by atoms with E-state index < -0.39 is 10.0 Å². The quantitative estimate of drug-likeness (QED) is 0.311. The van der Waals surface area contributed by atoms with E-state index in [0.717, 1.165) is 30.1 Å². The molecule has 0 saturated carbocycles. The molecule has 0 aliphatic heterocycles. The van der Waals surface area contributed by atoms with E-state index in [0.29, 0.717) is 12.6 Å². The highest BCUT2D eigenvalue weighted by Gasteiger charge is 2.09. The summed E-state index contributed by atoms with van der Waals surface area (Å²) >= 11 is 0. The molecule has 0 amide bonds. The first-order valence-electron chi connectivity index (χ1n) is 7.94. The maximum atomic E-state index is 11.6. The molecule has 1 aromatic rings. The van der Waals surface area contributed by atoms with Gasteiger partial charge in [0, 0.05) is 12.6 Å². The van der Waals surface area contributed by atoms with Gasteiger partial charge in [0.2, 0.25) is 10.0 Å². The van der Waals surface area contributed by atoms with Crippen molar-refractivity contribution in [3.63, 3.8) is 0 Å². The second-order valence-electron chi connectivity index (χ2n) is 5.43. The van der Waals surface area contributed by atoms with Crippen molar-refractivity contribution in [3.05, 3.63) is 35.4 Å². The SMILES string of the molecule is CCNC(=NCc1cccc(CS(=O)(=O)NC)c1)NC(C)CC.I. The van der Waals surface area contributed by atoms with Gasteiger partial charge in [0.1, 0.15) is 0 Å². The predicted octanol–water partition coefficient (Wildman–Crippen LogP) is 2.21. The second-order valence-corrected chi connectivity index (χ2v) is 7.36. The molecule has 0 saturated heterocycles. The topological polar surface area (TPSA) is 82.6 Å². The first-order valence-corrected chi connectivity index (χ1v) is 9.59. The van der Waals surface area contributed by atoms with Crippen LogP contribution < -0.4 is 15.4 Å². The lowest BCUT2D eigenvalue weighted by Gasteiger charge is -2.16. The van der Waals surface area contributed by atoms with Gasteiger partial charge in [-0.15, -0.1) is 24.0 Å². The smallest absolute Gasteiger partial charge is 0.215 e. The molecule has 1 atom stereocenters. The van der Waals surface area contributed by atoms with Crippen LogP contribution in [0.3, 0.4) is 0 Å². The summed E-state index contributed by atoms with van der Waals surface area (Å²) < 4.78 is 25.6. The fraction of sp³-hybridized carbons (Fsp3) is 0.562. The zero-order valence-electron chi connectivity index (χ0n) is 14.8. The Bertz CT molecular complexity index is 620. The maximum absolute atomic E-state index is 11.6. The summed E-state index contributed by atoms with van der Waals surface area (Å²) in [4.78, 5) is 4.56. The predicted molar refractivity (Wildman–Crippen MR) is 111 cm³/mol. The molecule has 0 spiro atoms. The standard InChI is InChI=1S/C16H28N4O2S.HI/c1-5-13(3)20-16(18-6-2)19-11-14-8-7-9-15(10-14)12-23(21,22)17-4;/h7-10,13,17H,5-6,11-12H2,1-4H3,(H2,18,19,20);1H. The molecule has 8 heteroatoms. The van der Waals surface area contributed by atoms with Gasteiger partial charge in [-0.1, -0.05) is 31.2 Å². The Hall–Kier alpha value is -0.870. The van der Waals surface area contributed by atoms with Crippen LogP contribution in [-0.4, -0.2) is 34.0 Å². The fourth-order valence-electron chi connectivity index (χ4n) is 1.94. The largest absolute Gasteiger partial charge is 0.357 e. The van der Waals surface area contributed by atoms with Crippen molar-refractivity contribution in [2.45, 2.75) is 45.5 Å². The molecule has 0 fully saturated rings. The Morgan fingerprint density at radius 2 is 1.92 bits per heavy atom. The van der Waals surface area contributed by atoms with Crippen LogP contribution in [0.2, 0.25) is 0 Å². The highest BCUT2D eigenvalue weighted by molar-refractivity contribution is 14.0. The first kappa shape index (κ1) is 23.1. The van der Waals surface area contributed by atoms with Crippen molar-refractivity contribution in [2.24, 2.45) is 4.99 Å². The zero-order chi connectivity index (χ0) is 17.3. The van der Waals surface area contributed by atoms with E-state index in [9.17, 15) is 8.42 Å². The van der Waals surface area contributed by atoms with E-state index in [1.165, 1.54) is 7.05 Å². The van der Waals surface area contributed by atoms with Crippen LogP contribution in [0.1, 0.15) is 38.3 Å². The number of sulfonamides is 1. The molecule has 1 rings (SSSR count). The lowest BCUT2D eigenvalue weighted by Crippen LogP contribution is -2.41. The summed E-state index contributed by atoms with van der Waals surface area (Å²) in [5.41, 5.74) is 1.74. The van der Waals surface area contributed by atoms with Gasteiger partial charge < -0.3 is 10.6 Å². The Balaban J connectivity index is 0.00000529. The van der Waals surface area contributed by atoms with Gasteiger partial charge in [-0.05, 0) is 38.4 Å². The molecule has 3 N–H and O–H groups in total. The number of guanidine groups is 1. The average molecular weight is 468 g/mol. The Morgan fingerprint density at radius 3 is 2.50 bits per heavy atom. The molecule has 0 aromatic heterocycles. The molecule has 6 nitrogen and oxygen atoms in total. The molecule has 1 unspecified atom stereocenters. The molecule has 0 bridgehead atoms. The van der Waals surface area contributed by atoms with Crippen LogP contribution >= 0.6 is 24.0 Å². The van der Waals surface area contributed by atoms with E-state index in [-0.39, 0.29) is 29.7 Å². The lowest BCUT2D eigenvalue weighted by molar-refractivity contribution is 0.587. The van der Waals surface area contributed by atoms with Gasteiger partial charge in [0.15, 0.2) is 5.96 Å². The lowest BCUT2D eigenvalue weighted by atomic mass is 10.1. The van der Waals surface area contributed by atoms with E-state index in [4.69, 9.17) is 0 Å². The summed E-state index contributed by atoms with van der Waals surface area (Å²) in [6.07, 6.45) is 1.02. The molecule has 0 radical (unpaired) electrons. The summed E-state index contributed by atoms with van der Waals surface area (Å²) in [7, 11) is -1.84. The minimum Gasteiger partial charge on any atom is -0.357 e. The summed E-state index contributed by atoms with van der Waals surface area (Å²) in [5.74, 6) is 0.752. The number of hydrogen-bond acceptors (Lipinski definition) is 3. The number of rotatable bonds is 8. The average Bonchev–Trinajstić information content (AvgIpc) is 2.52. The van der Waals surface area contributed by atoms with Crippen LogP contribution in [-0.2, 0) is 22.3 Å². The fourth-order valence-corrected chi connectivity index (χ4v) is 2.70. The van der Waals surface area contributed by atoms with E-state index >= 15 is 0 Å². The van der Waals surface area contributed by atoms with Gasteiger partial charge in [0.25, 0.3) is 0 Å². The van der Waals surface area contributed by atoms with E-state index in [1.807, 2.05) is 31.2 Å². The van der Waals surface area contributed by atoms with E-state index in [2.05, 4.69) is 34.2 Å². The van der Waals surface area contributed by atoms with Crippen molar-refractivity contribution in [1.29, 1.82) is 0 Å². The van der Waals surface area contributed by atoms with E-state index in [1.54, 1.807) is 0 Å². The summed E-state index contributed by atoms with van der Waals surface area (Å²) in [5, 5.41) is 6.55. The summed E-state index contributed by atoms with van der Waals surface area (Å²) in [6.45, 7) is 7.54. The third kappa shape index (κ3) is 8.84. The van der Waals surface area contributed by atoms with Crippen molar-refractivity contribution >= 4 is 40.0 Å². The van der Waals surface area contributed by atoms with Gasteiger partial charge in [-0.2, -0.15) is 0 Å². The highest BCUT2D eigenvalue weighted by atomic mass is 127. The summed E-state index contributed by atoms with van der Waals surface area (Å²) in [6, 6.07) is 7.85. The number of nitrogens with one attached hydrogen (secondary N) is 3. The number of benzene rings is 1. The Kier molecular flexibility index (Phi) is 11.2. The third-order valence-corrected chi connectivity index (χ3v) is 4.75. The van der Waals surface area contributed by atoms with Gasteiger partial charge in [-0.3, -0.25) is 0 Å². The third-order valence-electron chi connectivity index (χ3n) is 3.42. The maximum Gasteiger partial charge on any atom is 0.215 e. The van der Waals surface area contributed by atoms with Crippen molar-refractivity contribution in [1.82, 2.24) is 15.4 Å². The number of nitrogens with zero attached hydrogens (tertiary/aromatic N) is 1. The molecule has 138 valence electrons. The van der Waals surface area contributed by atoms with Crippen LogP contribution in [0, 0.1) is 0 Å². The van der Waals surface area contributed by atoms with Crippen LogP contribution in [0.25, 0.3) is 0 Å². The van der Waals surface area contributed by atoms with Gasteiger partial charge in [-0.25, -0.2) is 18.1 Å². The van der Waals surface area contributed by atoms with Gasteiger partial charge in [0.05, 0.1) is 12.3 Å². The van der Waals surface area contributed by atoms with Crippen molar-refractivity contribution < 1.29 is 8.42 Å². The molecule has 0 heterocycles. The molecule has 0 aliphatic carbocycles. The highest BCUT2D eigenvalue weighted by Crippen LogP contribution is 2.09. The van der Waals surface area contributed by atoms with Crippen LogP contribution in [0.15, 0.2) is 29.3 Å². The number of halogens is 1. The number of hydrogen-bond donors (Lipinski definition) is 3.